The number of fused-ring (bicyclic) bond motifs is 1. The van der Waals surface area contributed by atoms with Gasteiger partial charge in [-0.15, -0.1) is 11.3 Å². The number of aromatic nitrogens is 1. The first-order valence-electron chi connectivity index (χ1n) is 8.76. The van der Waals surface area contributed by atoms with Crippen LogP contribution in [0.15, 0.2) is 69.3 Å². The lowest BCUT2D eigenvalue weighted by molar-refractivity contribution is -0.384. The van der Waals surface area contributed by atoms with Crippen LogP contribution in [0.3, 0.4) is 0 Å². The Balaban J connectivity index is 1.69. The number of nitro groups is 1. The summed E-state index contributed by atoms with van der Waals surface area (Å²) in [7, 11) is 0. The number of halogens is 1. The number of nitrogens with one attached hydrogen (secondary N) is 1. The van der Waals surface area contributed by atoms with E-state index >= 15 is 0 Å². The number of nitriles is 1. The molecule has 2 heterocycles. The highest BCUT2D eigenvalue weighted by molar-refractivity contribution is 7.11. The first-order chi connectivity index (χ1) is 15.0. The summed E-state index contributed by atoms with van der Waals surface area (Å²) in [6.45, 7) is 0. The van der Waals surface area contributed by atoms with Crippen molar-refractivity contribution < 1.29 is 9.34 Å². The van der Waals surface area contributed by atoms with E-state index in [0.717, 1.165) is 0 Å². The highest BCUT2D eigenvalue weighted by atomic mass is 35.5. The smallest absolute Gasteiger partial charge is 0.345 e. The number of para-hydroxylation sites is 1. The van der Waals surface area contributed by atoms with E-state index in [0.29, 0.717) is 26.8 Å². The van der Waals surface area contributed by atoms with Gasteiger partial charge in [-0.2, -0.15) is 5.26 Å². The van der Waals surface area contributed by atoms with Crippen LogP contribution < -0.4 is 10.9 Å². The monoisotopic (exact) mass is 450 g/mol. The van der Waals surface area contributed by atoms with E-state index in [1.54, 1.807) is 29.6 Å². The maximum Gasteiger partial charge on any atom is 0.345 e. The van der Waals surface area contributed by atoms with Crippen LogP contribution in [0, 0.1) is 21.4 Å². The van der Waals surface area contributed by atoms with E-state index in [-0.39, 0.29) is 22.4 Å². The van der Waals surface area contributed by atoms with Gasteiger partial charge in [0.15, 0.2) is 0 Å². The van der Waals surface area contributed by atoms with Crippen LogP contribution >= 0.6 is 22.9 Å². The lowest BCUT2D eigenvalue weighted by Crippen LogP contribution is -2.03. The van der Waals surface area contributed by atoms with Crippen molar-refractivity contribution in [1.29, 1.82) is 5.26 Å². The Kier molecular flexibility index (Phi) is 5.49. The summed E-state index contributed by atoms with van der Waals surface area (Å²) in [5, 5.41) is 26.4. The third kappa shape index (κ3) is 4.16. The van der Waals surface area contributed by atoms with Crippen LogP contribution in [-0.2, 0) is 0 Å². The number of non-ortho nitro benzene ring substituents is 1. The highest BCUT2D eigenvalue weighted by Gasteiger charge is 2.15. The number of rotatable bonds is 5. The zero-order chi connectivity index (χ0) is 22.0. The summed E-state index contributed by atoms with van der Waals surface area (Å²) in [5.74, 6) is 0. The molecule has 1 N–H and O–H groups in total. The first-order valence-corrected chi connectivity index (χ1v) is 10.0. The number of allylic oxidation sites excluding steroid dienone is 1. The summed E-state index contributed by atoms with van der Waals surface area (Å²) in [5.41, 5.74) is 0.813. The van der Waals surface area contributed by atoms with E-state index in [9.17, 15) is 20.2 Å². The highest BCUT2D eigenvalue weighted by Crippen LogP contribution is 2.28. The Labute approximate surface area is 183 Å². The van der Waals surface area contributed by atoms with Crippen molar-refractivity contribution in [2.24, 2.45) is 0 Å². The number of thiazole rings is 1. The van der Waals surface area contributed by atoms with Gasteiger partial charge in [0.25, 0.3) is 5.69 Å². The van der Waals surface area contributed by atoms with E-state index < -0.39 is 10.5 Å². The molecule has 4 rings (SSSR count). The fourth-order valence-electron chi connectivity index (χ4n) is 2.79. The standard InChI is InChI=1S/C21H11ClN4O4S/c22-16-3-1-2-4-17(16)24-10-13(9-23)20-25-18(11-31-20)15-8-12-7-14(26(28)29)5-6-19(12)30-21(15)27/h1-8,10-11,24H. The molecule has 2 aromatic carbocycles. The SMILES string of the molecule is N#CC(=CNc1ccccc1Cl)c1nc(-c2cc3cc([N+](=O)[O-])ccc3oc2=O)cs1. The van der Waals surface area contributed by atoms with Crippen LogP contribution in [0.1, 0.15) is 5.01 Å². The fourth-order valence-corrected chi connectivity index (χ4v) is 3.77. The van der Waals surface area contributed by atoms with Gasteiger partial charge >= 0.3 is 5.63 Å². The van der Waals surface area contributed by atoms with Crippen molar-refractivity contribution in [3.63, 3.8) is 0 Å². The van der Waals surface area contributed by atoms with Crippen molar-refractivity contribution >= 4 is 50.9 Å². The molecule has 0 aliphatic carbocycles. The van der Waals surface area contributed by atoms with Crippen LogP contribution in [0.25, 0.3) is 27.8 Å². The van der Waals surface area contributed by atoms with E-state index in [4.69, 9.17) is 16.0 Å². The summed E-state index contributed by atoms with van der Waals surface area (Å²) >= 11 is 7.28. The molecule has 0 radical (unpaired) electrons. The zero-order valence-corrected chi connectivity index (χ0v) is 17.1. The summed E-state index contributed by atoms with van der Waals surface area (Å²) < 4.78 is 5.28. The van der Waals surface area contributed by atoms with Gasteiger partial charge in [-0.3, -0.25) is 10.1 Å². The second-order valence-electron chi connectivity index (χ2n) is 6.26. The first kappa shape index (κ1) is 20.3. The van der Waals surface area contributed by atoms with Gasteiger partial charge in [0.2, 0.25) is 0 Å². The third-order valence-electron chi connectivity index (χ3n) is 4.30. The van der Waals surface area contributed by atoms with Crippen LogP contribution in [0.5, 0.6) is 0 Å². The number of benzene rings is 2. The average molecular weight is 451 g/mol. The minimum Gasteiger partial charge on any atom is -0.422 e. The Hall–Kier alpha value is -4.00. The molecule has 31 heavy (non-hydrogen) atoms. The molecule has 2 aromatic heterocycles. The normalized spacial score (nSPS) is 11.3. The Morgan fingerprint density at radius 3 is 2.84 bits per heavy atom. The second-order valence-corrected chi connectivity index (χ2v) is 7.52. The molecule has 0 atom stereocenters. The Bertz CT molecular complexity index is 1450. The number of nitro benzene ring substituents is 1. The molecule has 0 bridgehead atoms. The Morgan fingerprint density at radius 1 is 1.29 bits per heavy atom. The lowest BCUT2D eigenvalue weighted by Gasteiger charge is -2.03. The summed E-state index contributed by atoms with van der Waals surface area (Å²) in [4.78, 5) is 27.3. The van der Waals surface area contributed by atoms with Crippen molar-refractivity contribution in [3.05, 3.63) is 90.7 Å². The van der Waals surface area contributed by atoms with E-state index in [1.807, 2.05) is 0 Å². The second kappa shape index (κ2) is 8.39. The molecule has 0 saturated heterocycles. The van der Waals surface area contributed by atoms with Gasteiger partial charge in [-0.25, -0.2) is 9.78 Å². The van der Waals surface area contributed by atoms with Gasteiger partial charge < -0.3 is 9.73 Å². The molecular formula is C21H11ClN4O4S. The topological polar surface area (TPSA) is 122 Å². The molecule has 4 aromatic rings. The molecule has 0 aliphatic rings. The maximum absolute atomic E-state index is 12.4. The van der Waals surface area contributed by atoms with Gasteiger partial charge in [-0.05, 0) is 24.3 Å². The Morgan fingerprint density at radius 2 is 2.10 bits per heavy atom. The summed E-state index contributed by atoms with van der Waals surface area (Å²) in [6.07, 6.45) is 1.48. The number of anilines is 1. The predicted octanol–water partition coefficient (Wildman–Crippen LogP) is 5.45. The van der Waals surface area contributed by atoms with Crippen LogP contribution in [-0.4, -0.2) is 9.91 Å². The molecule has 0 saturated carbocycles. The van der Waals surface area contributed by atoms with Crippen molar-refractivity contribution in [2.45, 2.75) is 0 Å². The molecule has 0 fully saturated rings. The van der Waals surface area contributed by atoms with E-state index in [2.05, 4.69) is 16.4 Å². The zero-order valence-electron chi connectivity index (χ0n) is 15.5. The van der Waals surface area contributed by atoms with Gasteiger partial charge in [-0.1, -0.05) is 23.7 Å². The summed E-state index contributed by atoms with van der Waals surface area (Å²) in [6, 6.07) is 14.6. The molecule has 0 unspecified atom stereocenters. The third-order valence-corrected chi connectivity index (χ3v) is 5.51. The molecule has 0 amide bonds. The molecule has 0 aliphatic heterocycles. The predicted molar refractivity (Wildman–Crippen MR) is 119 cm³/mol. The molecule has 10 heteroatoms. The average Bonchev–Trinajstić information content (AvgIpc) is 3.24. The van der Waals surface area contributed by atoms with Crippen molar-refractivity contribution in [1.82, 2.24) is 4.98 Å². The molecule has 8 nitrogen and oxygen atoms in total. The van der Waals surface area contributed by atoms with Gasteiger partial charge in [0.05, 0.1) is 26.9 Å². The lowest BCUT2D eigenvalue weighted by atomic mass is 10.1. The van der Waals surface area contributed by atoms with Gasteiger partial charge in [0, 0.05) is 29.1 Å². The van der Waals surface area contributed by atoms with E-state index in [1.165, 1.54) is 41.8 Å². The minimum atomic E-state index is -0.630. The van der Waals surface area contributed by atoms with Crippen molar-refractivity contribution in [3.8, 4) is 17.3 Å². The van der Waals surface area contributed by atoms with Gasteiger partial charge in [0.1, 0.15) is 22.2 Å². The maximum atomic E-state index is 12.4. The largest absolute Gasteiger partial charge is 0.422 e. The molecule has 152 valence electrons. The quantitative estimate of drug-likeness (QED) is 0.185. The van der Waals surface area contributed by atoms with Crippen molar-refractivity contribution in [2.75, 3.05) is 5.32 Å². The number of nitrogens with zero attached hydrogens (tertiary/aromatic N) is 3. The fraction of sp³-hybridized carbons (Fsp3) is 0. The minimum absolute atomic E-state index is 0.119. The number of hydrogen-bond donors (Lipinski definition) is 1. The van der Waals surface area contributed by atoms with Crippen LogP contribution in [0.2, 0.25) is 5.02 Å². The number of hydrogen-bond acceptors (Lipinski definition) is 8. The molecule has 0 spiro atoms. The van der Waals surface area contributed by atoms with Crippen LogP contribution in [0.4, 0.5) is 11.4 Å². The molecular weight excluding hydrogens is 440 g/mol.